The summed E-state index contributed by atoms with van der Waals surface area (Å²) in [6.07, 6.45) is 1.63. The van der Waals surface area contributed by atoms with Gasteiger partial charge in [0.05, 0.1) is 9.93 Å². The highest BCUT2D eigenvalue weighted by Crippen LogP contribution is 2.49. The summed E-state index contributed by atoms with van der Waals surface area (Å²) >= 11 is 0. The van der Waals surface area contributed by atoms with E-state index in [1.54, 1.807) is 0 Å². The summed E-state index contributed by atoms with van der Waals surface area (Å²) in [6, 6.07) is 0. The van der Waals surface area contributed by atoms with Crippen molar-refractivity contribution in [2.75, 3.05) is 12.4 Å². The van der Waals surface area contributed by atoms with E-state index in [9.17, 15) is 0 Å². The van der Waals surface area contributed by atoms with Crippen LogP contribution in [0.25, 0.3) is 0 Å². The van der Waals surface area contributed by atoms with Gasteiger partial charge in [-0.3, -0.25) is 0 Å². The Labute approximate surface area is 76.0 Å². The topological polar surface area (TPSA) is 9.23 Å². The Morgan fingerprint density at radius 3 is 2.73 bits per heavy atom. The maximum atomic E-state index is 5.63. The van der Waals surface area contributed by atoms with Crippen molar-refractivity contribution < 1.29 is 4.74 Å². The van der Waals surface area contributed by atoms with Crippen molar-refractivity contribution in [1.82, 2.24) is 0 Å². The van der Waals surface area contributed by atoms with Gasteiger partial charge in [0.25, 0.3) is 0 Å². The summed E-state index contributed by atoms with van der Waals surface area (Å²) < 4.78 is 6.46. The Bertz CT molecular complexity index is 119. The van der Waals surface area contributed by atoms with Gasteiger partial charge in [0.15, 0.2) is 10.8 Å². The van der Waals surface area contributed by atoms with Gasteiger partial charge in [-0.25, -0.2) is 0 Å². The van der Waals surface area contributed by atoms with Gasteiger partial charge in [0.1, 0.15) is 11.9 Å². The second-order valence-corrected chi connectivity index (χ2v) is 7.42. The van der Waals surface area contributed by atoms with Crippen molar-refractivity contribution >= 4 is 20.7 Å². The highest BCUT2D eigenvalue weighted by atomic mass is 33.2. The van der Waals surface area contributed by atoms with E-state index >= 15 is 0 Å². The highest BCUT2D eigenvalue weighted by Gasteiger charge is 2.56. The zero-order chi connectivity index (χ0) is 8.27. The van der Waals surface area contributed by atoms with E-state index in [0.717, 1.165) is 17.6 Å². The monoisotopic (exact) mass is 193 g/mol. The average molecular weight is 193 g/mol. The molecule has 0 radical (unpaired) electrons. The molecule has 66 valence electrons. The molecule has 1 aliphatic rings. The molecule has 0 saturated carbocycles. The van der Waals surface area contributed by atoms with Crippen molar-refractivity contribution in [3.63, 3.8) is 0 Å². The molecular weight excluding hydrogens is 176 g/mol. The lowest BCUT2D eigenvalue weighted by atomic mass is 10.4. The van der Waals surface area contributed by atoms with Crippen LogP contribution in [0.4, 0.5) is 0 Å². The lowest BCUT2D eigenvalue weighted by Gasteiger charge is -2.04. The first-order valence-corrected chi connectivity index (χ1v) is 7.13. The van der Waals surface area contributed by atoms with E-state index in [0.29, 0.717) is 16.0 Å². The Morgan fingerprint density at radius 1 is 1.55 bits per heavy atom. The van der Waals surface area contributed by atoms with E-state index in [4.69, 9.17) is 4.74 Å². The molecule has 0 aromatic rings. The van der Waals surface area contributed by atoms with Gasteiger partial charge in [-0.2, -0.15) is 0 Å². The van der Waals surface area contributed by atoms with Gasteiger partial charge in [-0.15, -0.1) is 0 Å². The molecule has 0 spiro atoms. The van der Waals surface area contributed by atoms with Gasteiger partial charge >= 0.3 is 0 Å². The number of hydrogen-bond acceptors (Lipinski definition) is 2. The molecule has 1 fully saturated rings. The highest BCUT2D eigenvalue weighted by molar-refractivity contribution is 8.90. The molecule has 0 bridgehead atoms. The fraction of sp³-hybridized carbons (Fsp3) is 1.00. The zero-order valence-corrected chi connectivity index (χ0v) is 9.13. The van der Waals surface area contributed by atoms with E-state index in [1.807, 2.05) is 0 Å². The van der Waals surface area contributed by atoms with Gasteiger partial charge in [0.2, 0.25) is 4.58 Å². The summed E-state index contributed by atoms with van der Waals surface area (Å²) in [7, 11) is 2.75. The maximum absolute atomic E-state index is 5.63. The molecule has 3 heteroatoms. The van der Waals surface area contributed by atoms with Gasteiger partial charge in [-0.1, -0.05) is 6.92 Å². The first kappa shape index (κ1) is 9.75. The van der Waals surface area contributed by atoms with Crippen molar-refractivity contribution in [1.29, 1.82) is 0 Å². The molecular formula is C8H17OS2+. The van der Waals surface area contributed by atoms with Gasteiger partial charge in [-0.05, 0) is 20.3 Å². The van der Waals surface area contributed by atoms with Crippen LogP contribution in [0.15, 0.2) is 0 Å². The summed E-state index contributed by atoms with van der Waals surface area (Å²) in [4.78, 5) is 0. The molecule has 0 aromatic carbocycles. The molecule has 0 amide bonds. The smallest absolute Gasteiger partial charge is 0.248 e. The van der Waals surface area contributed by atoms with Crippen LogP contribution in [0.3, 0.4) is 0 Å². The van der Waals surface area contributed by atoms with Crippen LogP contribution < -0.4 is 0 Å². The van der Waals surface area contributed by atoms with Crippen molar-refractivity contribution in [2.45, 2.75) is 37.9 Å². The summed E-state index contributed by atoms with van der Waals surface area (Å²) in [5, 5.41) is 0. The molecule has 3 atom stereocenters. The Kier molecular flexibility index (Phi) is 4.10. The van der Waals surface area contributed by atoms with Crippen molar-refractivity contribution in [3.8, 4) is 0 Å². The van der Waals surface area contributed by atoms with Gasteiger partial charge in [0, 0.05) is 6.61 Å². The normalized spacial score (nSPS) is 31.9. The Morgan fingerprint density at radius 2 is 2.27 bits per heavy atom. The minimum atomic E-state index is 0.489. The molecule has 0 N–H and O–H groups in total. The second-order valence-electron chi connectivity index (χ2n) is 2.71. The number of ether oxygens (including phenoxy) is 1. The van der Waals surface area contributed by atoms with E-state index in [2.05, 4.69) is 31.6 Å². The Balaban J connectivity index is 2.07. The molecule has 1 nitrogen and oxygen atoms in total. The van der Waals surface area contributed by atoms with Crippen LogP contribution in [0, 0.1) is 0 Å². The third kappa shape index (κ3) is 2.88. The third-order valence-corrected chi connectivity index (χ3v) is 6.67. The minimum Gasteiger partial charge on any atom is -0.372 e. The third-order valence-electron chi connectivity index (χ3n) is 1.69. The summed E-state index contributed by atoms with van der Waals surface area (Å²) in [5.41, 5.74) is 0. The van der Waals surface area contributed by atoms with Crippen LogP contribution in [0.1, 0.15) is 27.2 Å². The van der Waals surface area contributed by atoms with Crippen molar-refractivity contribution in [2.24, 2.45) is 0 Å². The zero-order valence-electron chi connectivity index (χ0n) is 7.50. The number of hydrogen-bond donors (Lipinski definition) is 0. The number of rotatable bonds is 5. The first-order valence-electron chi connectivity index (χ1n) is 4.28. The van der Waals surface area contributed by atoms with Crippen LogP contribution in [-0.2, 0) is 14.7 Å². The minimum absolute atomic E-state index is 0.489. The van der Waals surface area contributed by atoms with Crippen molar-refractivity contribution in [3.05, 3.63) is 0 Å². The standard InChI is InChI=1S/C8H17OS2/c1-4-6-9-7(3)8-10-11(8)5-2/h7-8H,4-6H2,1-3H3/q+1. The molecule has 1 aliphatic heterocycles. The van der Waals surface area contributed by atoms with Crippen LogP contribution >= 0.6 is 10.8 Å². The largest absolute Gasteiger partial charge is 0.372 e. The second kappa shape index (κ2) is 4.63. The summed E-state index contributed by atoms with van der Waals surface area (Å²) in [6.45, 7) is 7.56. The predicted molar refractivity (Wildman–Crippen MR) is 55.0 cm³/mol. The van der Waals surface area contributed by atoms with Crippen LogP contribution in [-0.4, -0.2) is 23.0 Å². The fourth-order valence-electron chi connectivity index (χ4n) is 1.01. The molecule has 1 saturated heterocycles. The SMILES string of the molecule is CCCOC(C)C1S[S+]1CC. The molecule has 1 rings (SSSR count). The van der Waals surface area contributed by atoms with E-state index < -0.39 is 0 Å². The molecule has 3 unspecified atom stereocenters. The molecule has 0 aliphatic carbocycles. The Hall–Kier alpha value is 0.660. The fourth-order valence-corrected chi connectivity index (χ4v) is 5.26. The quantitative estimate of drug-likeness (QED) is 0.377. The van der Waals surface area contributed by atoms with E-state index in [1.165, 1.54) is 5.75 Å². The molecule has 1 heterocycles. The van der Waals surface area contributed by atoms with Crippen LogP contribution in [0.2, 0.25) is 0 Å². The first-order chi connectivity index (χ1) is 5.29. The summed E-state index contributed by atoms with van der Waals surface area (Å²) in [5.74, 6) is 1.33. The lowest BCUT2D eigenvalue weighted by Crippen LogP contribution is -2.16. The maximum Gasteiger partial charge on any atom is 0.248 e. The van der Waals surface area contributed by atoms with Gasteiger partial charge < -0.3 is 4.74 Å². The lowest BCUT2D eigenvalue weighted by molar-refractivity contribution is 0.0789. The average Bonchev–Trinajstić information content (AvgIpc) is 2.78. The van der Waals surface area contributed by atoms with E-state index in [-0.39, 0.29) is 0 Å². The predicted octanol–water partition coefficient (Wildman–Crippen LogP) is 2.43. The molecule has 11 heavy (non-hydrogen) atoms. The van der Waals surface area contributed by atoms with Crippen LogP contribution in [0.5, 0.6) is 0 Å². The molecule has 0 aromatic heterocycles.